The van der Waals surface area contributed by atoms with Gasteiger partial charge in [0.1, 0.15) is 11.9 Å². The SMILES string of the molecule is O=C(Cc1cccc(F)c1)N[C@H](Cc1ccc(C(=O)c2ccccc2)cc1)C(=O)O. The first-order valence-corrected chi connectivity index (χ1v) is 9.37. The molecule has 2 N–H and O–H groups in total. The maximum atomic E-state index is 13.2. The van der Waals surface area contributed by atoms with Crippen molar-refractivity contribution >= 4 is 17.7 Å². The number of halogens is 1. The van der Waals surface area contributed by atoms with Gasteiger partial charge < -0.3 is 10.4 Å². The van der Waals surface area contributed by atoms with Crippen molar-refractivity contribution in [2.24, 2.45) is 0 Å². The molecule has 0 aliphatic rings. The van der Waals surface area contributed by atoms with Crippen LogP contribution >= 0.6 is 0 Å². The van der Waals surface area contributed by atoms with Gasteiger partial charge in [0, 0.05) is 17.5 Å². The van der Waals surface area contributed by atoms with Crippen LogP contribution in [0.2, 0.25) is 0 Å². The third-order valence-corrected chi connectivity index (χ3v) is 4.58. The second-order valence-corrected chi connectivity index (χ2v) is 6.86. The van der Waals surface area contributed by atoms with Crippen molar-refractivity contribution < 1.29 is 23.9 Å². The Kier molecular flexibility index (Phi) is 6.70. The van der Waals surface area contributed by atoms with E-state index >= 15 is 0 Å². The van der Waals surface area contributed by atoms with E-state index < -0.39 is 23.7 Å². The number of ketones is 1. The molecule has 30 heavy (non-hydrogen) atoms. The molecule has 0 heterocycles. The molecule has 0 aromatic heterocycles. The Morgan fingerprint density at radius 2 is 1.50 bits per heavy atom. The van der Waals surface area contributed by atoms with Crippen LogP contribution in [0.3, 0.4) is 0 Å². The number of benzene rings is 3. The number of carbonyl (C=O) groups excluding carboxylic acids is 2. The molecule has 0 spiro atoms. The highest BCUT2D eigenvalue weighted by Gasteiger charge is 2.21. The van der Waals surface area contributed by atoms with E-state index in [0.29, 0.717) is 22.3 Å². The predicted molar refractivity (Wildman–Crippen MR) is 110 cm³/mol. The minimum absolute atomic E-state index is 0.0596. The van der Waals surface area contributed by atoms with Crippen molar-refractivity contribution in [3.8, 4) is 0 Å². The average Bonchev–Trinajstić information content (AvgIpc) is 2.74. The minimum Gasteiger partial charge on any atom is -0.480 e. The molecule has 0 fully saturated rings. The van der Waals surface area contributed by atoms with Gasteiger partial charge in [0.15, 0.2) is 5.78 Å². The lowest BCUT2D eigenvalue weighted by atomic mass is 9.99. The molecule has 3 aromatic carbocycles. The monoisotopic (exact) mass is 405 g/mol. The van der Waals surface area contributed by atoms with Gasteiger partial charge in [-0.15, -0.1) is 0 Å². The second-order valence-electron chi connectivity index (χ2n) is 6.86. The lowest BCUT2D eigenvalue weighted by molar-refractivity contribution is -0.141. The van der Waals surface area contributed by atoms with E-state index in [2.05, 4.69) is 5.32 Å². The number of hydrogen-bond acceptors (Lipinski definition) is 3. The van der Waals surface area contributed by atoms with Crippen LogP contribution in [0.1, 0.15) is 27.0 Å². The molecule has 5 nitrogen and oxygen atoms in total. The summed E-state index contributed by atoms with van der Waals surface area (Å²) < 4.78 is 13.2. The molecule has 6 heteroatoms. The fourth-order valence-corrected chi connectivity index (χ4v) is 3.06. The Morgan fingerprint density at radius 1 is 0.833 bits per heavy atom. The van der Waals surface area contributed by atoms with Crippen molar-refractivity contribution in [3.05, 3.63) is 107 Å². The summed E-state index contributed by atoms with van der Waals surface area (Å²) in [6.45, 7) is 0. The van der Waals surface area contributed by atoms with Gasteiger partial charge in [-0.05, 0) is 23.3 Å². The summed E-state index contributed by atoms with van der Waals surface area (Å²) in [5, 5.41) is 11.9. The smallest absolute Gasteiger partial charge is 0.326 e. The lowest BCUT2D eigenvalue weighted by Crippen LogP contribution is -2.43. The summed E-state index contributed by atoms with van der Waals surface area (Å²) >= 11 is 0. The van der Waals surface area contributed by atoms with Crippen molar-refractivity contribution in [1.82, 2.24) is 5.32 Å². The summed E-state index contributed by atoms with van der Waals surface area (Å²) in [4.78, 5) is 36.2. The summed E-state index contributed by atoms with van der Waals surface area (Å²) in [5.74, 6) is -2.27. The molecule has 0 radical (unpaired) electrons. The number of carbonyl (C=O) groups is 3. The zero-order chi connectivity index (χ0) is 21.5. The van der Waals surface area contributed by atoms with Crippen LogP contribution in [0.4, 0.5) is 4.39 Å². The third-order valence-electron chi connectivity index (χ3n) is 4.58. The van der Waals surface area contributed by atoms with E-state index in [-0.39, 0.29) is 18.6 Å². The molecule has 0 saturated heterocycles. The zero-order valence-corrected chi connectivity index (χ0v) is 16.0. The average molecular weight is 405 g/mol. The highest BCUT2D eigenvalue weighted by molar-refractivity contribution is 6.08. The van der Waals surface area contributed by atoms with E-state index in [1.165, 1.54) is 18.2 Å². The summed E-state index contributed by atoms with van der Waals surface area (Å²) in [6.07, 6.45) is -0.0594. The molecule has 0 unspecified atom stereocenters. The molecular formula is C24H20FNO4. The van der Waals surface area contributed by atoms with Gasteiger partial charge in [0.2, 0.25) is 5.91 Å². The van der Waals surface area contributed by atoms with Crippen LogP contribution in [-0.2, 0) is 22.4 Å². The molecule has 0 saturated carbocycles. The predicted octanol–water partition coefficient (Wildman–Crippen LogP) is 3.41. The van der Waals surface area contributed by atoms with Crippen molar-refractivity contribution in [3.63, 3.8) is 0 Å². The lowest BCUT2D eigenvalue weighted by Gasteiger charge is -2.15. The molecule has 0 aliphatic carbocycles. The molecule has 0 bridgehead atoms. The fourth-order valence-electron chi connectivity index (χ4n) is 3.06. The highest BCUT2D eigenvalue weighted by Crippen LogP contribution is 2.13. The molecule has 152 valence electrons. The number of hydrogen-bond donors (Lipinski definition) is 2. The Labute approximate surface area is 173 Å². The summed E-state index contributed by atoms with van der Waals surface area (Å²) in [6, 6.07) is 19.9. The van der Waals surface area contributed by atoms with E-state index in [1.54, 1.807) is 54.6 Å². The number of carboxylic acid groups (broad SMARTS) is 1. The highest BCUT2D eigenvalue weighted by atomic mass is 19.1. The largest absolute Gasteiger partial charge is 0.480 e. The fraction of sp³-hybridized carbons (Fsp3) is 0.125. The van der Waals surface area contributed by atoms with Crippen LogP contribution in [0, 0.1) is 5.82 Å². The Bertz CT molecular complexity index is 1050. The van der Waals surface area contributed by atoms with Gasteiger partial charge in [0.25, 0.3) is 0 Å². The number of rotatable bonds is 8. The number of aliphatic carboxylic acids is 1. The Morgan fingerprint density at radius 3 is 2.13 bits per heavy atom. The van der Waals surface area contributed by atoms with Crippen LogP contribution < -0.4 is 5.32 Å². The normalized spacial score (nSPS) is 11.5. The molecule has 1 amide bonds. The van der Waals surface area contributed by atoms with Crippen molar-refractivity contribution in [2.45, 2.75) is 18.9 Å². The Balaban J connectivity index is 1.64. The summed E-state index contributed by atoms with van der Waals surface area (Å²) in [5.41, 5.74) is 2.18. The first-order valence-electron chi connectivity index (χ1n) is 9.37. The maximum Gasteiger partial charge on any atom is 0.326 e. The topological polar surface area (TPSA) is 83.5 Å². The Hall–Kier alpha value is -3.80. The van der Waals surface area contributed by atoms with E-state index in [4.69, 9.17) is 0 Å². The summed E-state index contributed by atoms with van der Waals surface area (Å²) in [7, 11) is 0. The third kappa shape index (κ3) is 5.61. The first-order chi connectivity index (χ1) is 14.4. The van der Waals surface area contributed by atoms with Gasteiger partial charge in [-0.1, -0.05) is 66.7 Å². The van der Waals surface area contributed by atoms with Gasteiger partial charge in [0.05, 0.1) is 6.42 Å². The number of nitrogens with one attached hydrogen (secondary N) is 1. The maximum absolute atomic E-state index is 13.2. The molecular weight excluding hydrogens is 385 g/mol. The van der Waals surface area contributed by atoms with Gasteiger partial charge in [-0.25, -0.2) is 9.18 Å². The number of amides is 1. The quantitative estimate of drug-likeness (QED) is 0.563. The van der Waals surface area contributed by atoms with E-state index in [0.717, 1.165) is 0 Å². The standard InChI is InChI=1S/C24H20FNO4/c25-20-8-4-5-17(13-20)15-22(27)26-21(24(29)30)14-16-9-11-19(12-10-16)23(28)18-6-2-1-3-7-18/h1-13,21H,14-15H2,(H,26,27)(H,29,30)/t21-/m1/s1. The van der Waals surface area contributed by atoms with Gasteiger partial charge in [-0.2, -0.15) is 0 Å². The molecule has 1 atom stereocenters. The van der Waals surface area contributed by atoms with Crippen LogP contribution in [0.25, 0.3) is 0 Å². The van der Waals surface area contributed by atoms with E-state index in [9.17, 15) is 23.9 Å². The van der Waals surface area contributed by atoms with Gasteiger partial charge >= 0.3 is 5.97 Å². The zero-order valence-electron chi connectivity index (χ0n) is 16.0. The molecule has 3 aromatic rings. The second kappa shape index (κ2) is 9.60. The number of carboxylic acids is 1. The van der Waals surface area contributed by atoms with Crippen LogP contribution in [0.15, 0.2) is 78.9 Å². The van der Waals surface area contributed by atoms with Crippen molar-refractivity contribution in [1.29, 1.82) is 0 Å². The van der Waals surface area contributed by atoms with Crippen molar-refractivity contribution in [2.75, 3.05) is 0 Å². The van der Waals surface area contributed by atoms with E-state index in [1.807, 2.05) is 6.07 Å². The molecule has 3 rings (SSSR count). The minimum atomic E-state index is -1.17. The first kappa shape index (κ1) is 20.9. The molecule has 0 aliphatic heterocycles. The van der Waals surface area contributed by atoms with Crippen LogP contribution in [0.5, 0.6) is 0 Å². The van der Waals surface area contributed by atoms with Gasteiger partial charge in [-0.3, -0.25) is 9.59 Å². The van der Waals surface area contributed by atoms with Crippen LogP contribution in [-0.4, -0.2) is 28.8 Å².